The molecule has 0 aromatic rings. The van der Waals surface area contributed by atoms with Crippen molar-refractivity contribution in [2.75, 3.05) is 27.1 Å². The van der Waals surface area contributed by atoms with Gasteiger partial charge in [0.15, 0.2) is 5.79 Å². The molecule has 0 unspecified atom stereocenters. The first kappa shape index (κ1) is 20.5. The smallest absolute Gasteiger partial charge is 0.223 e. The predicted molar refractivity (Wildman–Crippen MR) is 87.1 cm³/mol. The van der Waals surface area contributed by atoms with Crippen molar-refractivity contribution < 1.29 is 28.1 Å². The van der Waals surface area contributed by atoms with E-state index in [2.05, 4.69) is 16.0 Å². The minimum atomic E-state index is -0.954. The van der Waals surface area contributed by atoms with Crippen LogP contribution < -0.4 is 16.0 Å². The first-order valence-corrected chi connectivity index (χ1v) is 7.22. The van der Waals surface area contributed by atoms with Gasteiger partial charge >= 0.3 is 0 Å². The fraction of sp³-hybridized carbons (Fsp3) is 0.786. The molecule has 3 N–H and O–H groups in total. The van der Waals surface area contributed by atoms with Crippen LogP contribution in [0.15, 0.2) is 0 Å². The summed E-state index contributed by atoms with van der Waals surface area (Å²) in [7, 11) is 1.77. The highest BCUT2D eigenvalue weighted by Crippen LogP contribution is 2.09. The Morgan fingerprint density at radius 1 is 0.955 bits per heavy atom. The van der Waals surface area contributed by atoms with Gasteiger partial charge in [0, 0.05) is 30.1 Å². The molecule has 8 nitrogen and oxygen atoms in total. The summed E-state index contributed by atoms with van der Waals surface area (Å²) in [5.74, 6) is -1.37. The molecule has 0 saturated heterocycles. The minimum absolute atomic E-state index is 0. The van der Waals surface area contributed by atoms with Gasteiger partial charge in [-0.1, -0.05) is 0 Å². The fourth-order valence-corrected chi connectivity index (χ4v) is 1.33. The molecule has 0 saturated carbocycles. The lowest BCUT2D eigenvalue weighted by atomic mass is 10.2. The molecule has 0 rings (SSSR count). The number of hydrogen-bond acceptors (Lipinski definition) is 6. The number of Topliss-reactive ketones (excluding diaryl/α,β-unsaturated/α-hetero) is 1. The molecule has 0 radical (unpaired) electrons. The van der Waals surface area contributed by atoms with Crippen molar-refractivity contribution in [2.45, 2.75) is 45.8 Å². The lowest BCUT2D eigenvalue weighted by Crippen LogP contribution is -2.39. The molecule has 8 heteroatoms. The Morgan fingerprint density at radius 2 is 1.45 bits per heavy atom. The molecule has 0 aliphatic heterocycles. The summed E-state index contributed by atoms with van der Waals surface area (Å²) < 4.78 is 10.7. The third-order valence-corrected chi connectivity index (χ3v) is 2.68. The number of amides is 2. The molecular formula is C14H33N3O5. The Bertz CT molecular complexity index is 385. The van der Waals surface area contributed by atoms with Crippen LogP contribution in [0.25, 0.3) is 0 Å². The second kappa shape index (κ2) is 11.1. The molecule has 0 atom stereocenters. The van der Waals surface area contributed by atoms with E-state index in [9.17, 15) is 14.4 Å². The zero-order valence-electron chi connectivity index (χ0n) is 13.8. The molecule has 0 bridgehead atoms. The highest BCUT2D eigenvalue weighted by Gasteiger charge is 2.19. The maximum absolute atomic E-state index is 11.4. The number of nitrogens with one attached hydrogen (secondary N) is 3. The van der Waals surface area contributed by atoms with E-state index < -0.39 is 5.79 Å². The molecule has 0 aliphatic carbocycles. The number of ether oxygens (including phenoxy) is 2. The van der Waals surface area contributed by atoms with Gasteiger partial charge in [-0.2, -0.15) is 0 Å². The number of hydrogen-bond donors (Lipinski definition) is 3. The van der Waals surface area contributed by atoms with Gasteiger partial charge in [0.25, 0.3) is 0 Å². The van der Waals surface area contributed by atoms with E-state index in [1.54, 1.807) is 20.9 Å². The zero-order chi connectivity index (χ0) is 17.0. The summed E-state index contributed by atoms with van der Waals surface area (Å²) in [6, 6.07) is 0. The number of carbonyl (C=O) groups is 3. The molecule has 0 fully saturated rings. The Kier molecular flexibility index (Phi) is 10.3. The summed E-state index contributed by atoms with van der Waals surface area (Å²) in [5.41, 5.74) is 0. The Morgan fingerprint density at radius 3 is 1.91 bits per heavy atom. The summed E-state index contributed by atoms with van der Waals surface area (Å²) >= 11 is 0. The van der Waals surface area contributed by atoms with E-state index in [4.69, 9.17) is 9.47 Å². The number of rotatable bonds is 12. The van der Waals surface area contributed by atoms with Gasteiger partial charge in [-0.15, -0.1) is 0 Å². The average Bonchev–Trinajstić information content (AvgIpc) is 2.42. The normalized spacial score (nSPS) is 11.1. The minimum Gasteiger partial charge on any atom is -0.333 e. The van der Waals surface area contributed by atoms with Crippen LogP contribution in [0.2, 0.25) is 0 Å². The Labute approximate surface area is 135 Å². The first-order valence-electron chi connectivity index (χ1n) is 7.22. The van der Waals surface area contributed by atoms with Gasteiger partial charge in [0.05, 0.1) is 0 Å². The first-order chi connectivity index (χ1) is 10.3. The molecule has 0 heterocycles. The van der Waals surface area contributed by atoms with Crippen molar-refractivity contribution in [1.82, 2.24) is 16.0 Å². The van der Waals surface area contributed by atoms with Crippen molar-refractivity contribution in [1.29, 1.82) is 0 Å². The SMILES string of the molecule is CNCCC(=O)NCOC(C)(C)OCNC(=O)CCC(C)=O.[HH].[HH].[HH]. The van der Waals surface area contributed by atoms with Crippen LogP contribution in [0, 0.1) is 0 Å². The van der Waals surface area contributed by atoms with Gasteiger partial charge < -0.3 is 30.2 Å². The molecule has 0 spiro atoms. The van der Waals surface area contributed by atoms with Crippen LogP contribution >= 0.6 is 0 Å². The van der Waals surface area contributed by atoms with Crippen molar-refractivity contribution in [2.24, 2.45) is 0 Å². The molecule has 0 aromatic carbocycles. The highest BCUT2D eigenvalue weighted by molar-refractivity contribution is 5.83. The third kappa shape index (κ3) is 12.2. The van der Waals surface area contributed by atoms with Crippen molar-refractivity contribution in [3.63, 3.8) is 0 Å². The van der Waals surface area contributed by atoms with Gasteiger partial charge in [-0.05, 0) is 27.8 Å². The van der Waals surface area contributed by atoms with Gasteiger partial charge in [0.2, 0.25) is 11.8 Å². The molecule has 134 valence electrons. The molecular weight excluding hydrogens is 290 g/mol. The van der Waals surface area contributed by atoms with E-state index in [0.717, 1.165) is 0 Å². The van der Waals surface area contributed by atoms with Crippen molar-refractivity contribution in [3.8, 4) is 0 Å². The number of carbonyl (C=O) groups excluding carboxylic acids is 3. The average molecular weight is 323 g/mol. The molecule has 0 aromatic heterocycles. The fourth-order valence-electron chi connectivity index (χ4n) is 1.33. The van der Waals surface area contributed by atoms with Crippen LogP contribution in [0.3, 0.4) is 0 Å². The van der Waals surface area contributed by atoms with Crippen molar-refractivity contribution >= 4 is 17.6 Å². The maximum Gasteiger partial charge on any atom is 0.223 e. The van der Waals surface area contributed by atoms with Gasteiger partial charge in [-0.25, -0.2) is 0 Å². The third-order valence-electron chi connectivity index (χ3n) is 2.68. The van der Waals surface area contributed by atoms with Gasteiger partial charge in [-0.3, -0.25) is 9.59 Å². The standard InChI is InChI=1S/C14H27N3O5.3H2/c1-11(18)5-6-12(19)16-9-21-14(2,3)22-10-17-13(20)7-8-15-4;;;/h15H,5-10H2,1-4H3,(H,16,19)(H,17,20);3*1H. The second-order valence-electron chi connectivity index (χ2n) is 5.23. The second-order valence-corrected chi connectivity index (χ2v) is 5.23. The van der Waals surface area contributed by atoms with E-state index in [0.29, 0.717) is 13.0 Å². The summed E-state index contributed by atoms with van der Waals surface area (Å²) in [4.78, 5) is 33.5. The van der Waals surface area contributed by atoms with Crippen molar-refractivity contribution in [3.05, 3.63) is 0 Å². The maximum atomic E-state index is 11.4. The molecule has 22 heavy (non-hydrogen) atoms. The number of ketones is 1. The van der Waals surface area contributed by atoms with Crippen LogP contribution in [-0.4, -0.2) is 50.4 Å². The summed E-state index contributed by atoms with van der Waals surface area (Å²) in [5, 5.41) is 8.01. The quantitative estimate of drug-likeness (QED) is 0.455. The van der Waals surface area contributed by atoms with E-state index in [-0.39, 0.29) is 48.2 Å². The van der Waals surface area contributed by atoms with E-state index in [1.165, 1.54) is 6.92 Å². The highest BCUT2D eigenvalue weighted by atomic mass is 16.7. The summed E-state index contributed by atoms with van der Waals surface area (Å²) in [6.07, 6.45) is 0.721. The molecule has 0 aliphatic rings. The largest absolute Gasteiger partial charge is 0.333 e. The monoisotopic (exact) mass is 323 g/mol. The van der Waals surface area contributed by atoms with Gasteiger partial charge in [0.1, 0.15) is 19.2 Å². The van der Waals surface area contributed by atoms with Crippen LogP contribution in [0.5, 0.6) is 0 Å². The van der Waals surface area contributed by atoms with E-state index >= 15 is 0 Å². The topological polar surface area (TPSA) is 106 Å². The van der Waals surface area contributed by atoms with Crippen LogP contribution in [-0.2, 0) is 23.9 Å². The Hall–Kier alpha value is -1.51. The summed E-state index contributed by atoms with van der Waals surface area (Å²) in [6.45, 7) is 5.37. The lowest BCUT2D eigenvalue weighted by molar-refractivity contribution is -0.219. The predicted octanol–water partition coefficient (Wildman–Crippen LogP) is 0.620. The van der Waals surface area contributed by atoms with E-state index in [1.807, 2.05) is 0 Å². The lowest BCUT2D eigenvalue weighted by Gasteiger charge is -2.25. The zero-order valence-corrected chi connectivity index (χ0v) is 13.8. The Balaban J connectivity index is -0.000000735. The van der Waals surface area contributed by atoms with Crippen LogP contribution in [0.1, 0.15) is 44.3 Å². The van der Waals surface area contributed by atoms with Crippen LogP contribution in [0.4, 0.5) is 0 Å². The molecule has 2 amide bonds.